The minimum atomic E-state index is -0.299. The SMILES string of the molecule is CC=C[C@@H]1C[C@@H](C(=O)OCC)N[C@H]1[C@@H](NC(C)=O)C(CC)CC. The van der Waals surface area contributed by atoms with Gasteiger partial charge in [-0.1, -0.05) is 38.8 Å². The highest BCUT2D eigenvalue weighted by Crippen LogP contribution is 2.30. The molecule has 0 aromatic rings. The van der Waals surface area contributed by atoms with Crippen LogP contribution in [0.2, 0.25) is 0 Å². The lowest BCUT2D eigenvalue weighted by atomic mass is 9.83. The van der Waals surface area contributed by atoms with E-state index in [1.165, 1.54) is 0 Å². The molecule has 1 amide bonds. The summed E-state index contributed by atoms with van der Waals surface area (Å²) >= 11 is 0. The molecule has 0 saturated carbocycles. The Bertz CT molecular complexity index is 418. The summed E-state index contributed by atoms with van der Waals surface area (Å²) in [6.07, 6.45) is 6.85. The predicted molar refractivity (Wildman–Crippen MR) is 91.9 cm³/mol. The first-order valence-corrected chi connectivity index (χ1v) is 8.80. The first-order chi connectivity index (χ1) is 11.0. The first kappa shape index (κ1) is 19.7. The van der Waals surface area contributed by atoms with Crippen molar-refractivity contribution in [1.82, 2.24) is 10.6 Å². The van der Waals surface area contributed by atoms with Gasteiger partial charge in [-0.25, -0.2) is 0 Å². The van der Waals surface area contributed by atoms with E-state index in [9.17, 15) is 9.59 Å². The number of esters is 1. The van der Waals surface area contributed by atoms with Crippen LogP contribution in [0.15, 0.2) is 12.2 Å². The monoisotopic (exact) mass is 324 g/mol. The van der Waals surface area contributed by atoms with E-state index in [1.54, 1.807) is 6.92 Å². The largest absolute Gasteiger partial charge is 0.465 e. The summed E-state index contributed by atoms with van der Waals surface area (Å²) in [6.45, 7) is 10.0. The fourth-order valence-electron chi connectivity index (χ4n) is 3.60. The average molecular weight is 324 g/mol. The van der Waals surface area contributed by atoms with E-state index < -0.39 is 0 Å². The van der Waals surface area contributed by atoms with Crippen molar-refractivity contribution in [2.75, 3.05) is 6.61 Å². The Balaban J connectivity index is 3.00. The zero-order chi connectivity index (χ0) is 17.4. The molecule has 0 bridgehead atoms. The summed E-state index contributed by atoms with van der Waals surface area (Å²) in [6, 6.07) is -0.232. The highest BCUT2D eigenvalue weighted by Gasteiger charge is 2.42. The number of amides is 1. The fourth-order valence-corrected chi connectivity index (χ4v) is 3.60. The summed E-state index contributed by atoms with van der Waals surface area (Å²) in [4.78, 5) is 23.8. The van der Waals surface area contributed by atoms with Gasteiger partial charge in [-0.15, -0.1) is 0 Å². The fraction of sp³-hybridized carbons (Fsp3) is 0.778. The summed E-state index contributed by atoms with van der Waals surface area (Å²) in [5.41, 5.74) is 0. The molecule has 0 aliphatic carbocycles. The van der Waals surface area contributed by atoms with Crippen molar-refractivity contribution in [3.8, 4) is 0 Å². The van der Waals surface area contributed by atoms with E-state index in [4.69, 9.17) is 4.74 Å². The average Bonchev–Trinajstić information content (AvgIpc) is 2.91. The van der Waals surface area contributed by atoms with Gasteiger partial charge in [-0.05, 0) is 32.1 Å². The van der Waals surface area contributed by atoms with Crippen molar-refractivity contribution in [2.45, 2.75) is 72.0 Å². The van der Waals surface area contributed by atoms with E-state index in [0.717, 1.165) is 12.8 Å². The maximum absolute atomic E-state index is 12.1. The molecule has 132 valence electrons. The second-order valence-corrected chi connectivity index (χ2v) is 6.23. The van der Waals surface area contributed by atoms with Crippen LogP contribution in [0.4, 0.5) is 0 Å². The van der Waals surface area contributed by atoms with E-state index >= 15 is 0 Å². The maximum atomic E-state index is 12.1. The summed E-state index contributed by atoms with van der Waals surface area (Å²) in [5.74, 6) is 0.370. The Labute approximate surface area is 140 Å². The van der Waals surface area contributed by atoms with Gasteiger partial charge in [0.1, 0.15) is 6.04 Å². The molecule has 1 rings (SSSR count). The van der Waals surface area contributed by atoms with Crippen LogP contribution in [0.3, 0.4) is 0 Å². The van der Waals surface area contributed by atoms with Crippen LogP contribution in [-0.2, 0) is 14.3 Å². The number of hydrogen-bond acceptors (Lipinski definition) is 4. The number of allylic oxidation sites excluding steroid dienone is 1. The minimum absolute atomic E-state index is 0.0168. The smallest absolute Gasteiger partial charge is 0.323 e. The van der Waals surface area contributed by atoms with Crippen LogP contribution in [0.1, 0.15) is 53.9 Å². The zero-order valence-corrected chi connectivity index (χ0v) is 15.1. The second kappa shape index (κ2) is 9.71. The van der Waals surface area contributed by atoms with Gasteiger partial charge in [0, 0.05) is 19.0 Å². The van der Waals surface area contributed by atoms with Crippen LogP contribution < -0.4 is 10.6 Å². The second-order valence-electron chi connectivity index (χ2n) is 6.23. The third kappa shape index (κ3) is 5.34. The lowest BCUT2D eigenvalue weighted by molar-refractivity contribution is -0.145. The number of hydrogen-bond donors (Lipinski definition) is 2. The van der Waals surface area contributed by atoms with Gasteiger partial charge in [0.2, 0.25) is 5.91 Å². The van der Waals surface area contributed by atoms with Crippen molar-refractivity contribution in [2.24, 2.45) is 11.8 Å². The van der Waals surface area contributed by atoms with Crippen molar-refractivity contribution in [1.29, 1.82) is 0 Å². The predicted octanol–water partition coefficient (Wildman–Crippen LogP) is 2.41. The molecule has 5 heteroatoms. The van der Waals surface area contributed by atoms with Crippen molar-refractivity contribution in [3.63, 3.8) is 0 Å². The molecule has 0 spiro atoms. The van der Waals surface area contributed by atoms with Gasteiger partial charge in [-0.3, -0.25) is 14.9 Å². The normalized spacial score (nSPS) is 25.7. The van der Waals surface area contributed by atoms with Gasteiger partial charge < -0.3 is 10.1 Å². The molecule has 0 radical (unpaired) electrons. The molecule has 0 unspecified atom stereocenters. The van der Waals surface area contributed by atoms with Crippen molar-refractivity contribution >= 4 is 11.9 Å². The topological polar surface area (TPSA) is 67.4 Å². The van der Waals surface area contributed by atoms with Crippen LogP contribution in [0, 0.1) is 11.8 Å². The molecule has 1 aliphatic rings. The lowest BCUT2D eigenvalue weighted by Gasteiger charge is -2.34. The summed E-state index contributed by atoms with van der Waals surface area (Å²) < 4.78 is 5.16. The van der Waals surface area contributed by atoms with E-state index in [1.807, 2.05) is 19.9 Å². The molecule has 1 aliphatic heterocycles. The molecule has 1 fully saturated rings. The Hall–Kier alpha value is -1.36. The standard InChI is InChI=1S/C18H32N2O3/c1-6-10-14-11-15(18(22)23-9-4)20-17(14)16(19-12(5)21)13(7-2)8-3/h6,10,13-17,20H,7-9,11H2,1-5H3,(H,19,21)/t14-,15+,16+,17-/m1/s1. The van der Waals surface area contributed by atoms with Crippen LogP contribution in [0.25, 0.3) is 0 Å². The Morgan fingerprint density at radius 3 is 2.43 bits per heavy atom. The zero-order valence-electron chi connectivity index (χ0n) is 15.1. The van der Waals surface area contributed by atoms with Crippen molar-refractivity contribution < 1.29 is 14.3 Å². The number of carbonyl (C=O) groups excluding carboxylic acids is 2. The first-order valence-electron chi connectivity index (χ1n) is 8.80. The van der Waals surface area contributed by atoms with Gasteiger partial charge in [0.25, 0.3) is 0 Å². The third-order valence-electron chi connectivity index (χ3n) is 4.69. The lowest BCUT2D eigenvalue weighted by Crippen LogP contribution is -2.54. The van der Waals surface area contributed by atoms with Crippen LogP contribution in [-0.4, -0.2) is 36.6 Å². The minimum Gasteiger partial charge on any atom is -0.465 e. The van der Waals surface area contributed by atoms with Gasteiger partial charge in [0.05, 0.1) is 6.61 Å². The number of ether oxygens (including phenoxy) is 1. The Morgan fingerprint density at radius 1 is 1.30 bits per heavy atom. The molecule has 2 N–H and O–H groups in total. The molecule has 1 heterocycles. The number of rotatable bonds is 8. The molecule has 23 heavy (non-hydrogen) atoms. The Morgan fingerprint density at radius 2 is 1.96 bits per heavy atom. The highest BCUT2D eigenvalue weighted by molar-refractivity contribution is 5.76. The van der Waals surface area contributed by atoms with E-state index in [2.05, 4.69) is 30.6 Å². The number of nitrogens with one attached hydrogen (secondary N) is 2. The molecular formula is C18H32N2O3. The molecule has 1 saturated heterocycles. The van der Waals surface area contributed by atoms with Gasteiger partial charge >= 0.3 is 5.97 Å². The highest BCUT2D eigenvalue weighted by atomic mass is 16.5. The molecule has 4 atom stereocenters. The van der Waals surface area contributed by atoms with E-state index in [-0.39, 0.29) is 35.9 Å². The molecular weight excluding hydrogens is 292 g/mol. The molecule has 0 aromatic heterocycles. The van der Waals surface area contributed by atoms with Gasteiger partial charge in [0.15, 0.2) is 0 Å². The number of carbonyl (C=O) groups is 2. The molecule has 5 nitrogen and oxygen atoms in total. The quantitative estimate of drug-likeness (QED) is 0.531. The van der Waals surface area contributed by atoms with Crippen molar-refractivity contribution in [3.05, 3.63) is 12.2 Å². The molecule has 0 aromatic carbocycles. The van der Waals surface area contributed by atoms with E-state index in [0.29, 0.717) is 18.9 Å². The van der Waals surface area contributed by atoms with Crippen LogP contribution >= 0.6 is 0 Å². The third-order valence-corrected chi connectivity index (χ3v) is 4.69. The maximum Gasteiger partial charge on any atom is 0.323 e. The summed E-state index contributed by atoms with van der Waals surface area (Å²) in [7, 11) is 0. The van der Waals surface area contributed by atoms with Gasteiger partial charge in [-0.2, -0.15) is 0 Å². The summed E-state index contributed by atoms with van der Waals surface area (Å²) in [5, 5.41) is 6.54. The van der Waals surface area contributed by atoms with Crippen LogP contribution in [0.5, 0.6) is 0 Å². The Kier molecular flexibility index (Phi) is 8.31.